The maximum atomic E-state index is 10.8. The molecule has 0 aliphatic heterocycles. The Morgan fingerprint density at radius 3 is 1.59 bits per heavy atom. The molecule has 0 aromatic heterocycles. The van der Waals surface area contributed by atoms with Gasteiger partial charge in [-0.1, -0.05) is 65.8 Å². The highest BCUT2D eigenvalue weighted by atomic mass is 28.4. The summed E-state index contributed by atoms with van der Waals surface area (Å²) < 4.78 is 6.68. The second kappa shape index (κ2) is 8.70. The zero-order valence-electron chi connectivity index (χ0n) is 17.1. The summed E-state index contributed by atoms with van der Waals surface area (Å²) in [6.45, 7) is 13.7. The van der Waals surface area contributed by atoms with Crippen LogP contribution in [0.5, 0.6) is 5.75 Å². The predicted molar refractivity (Wildman–Crippen MR) is 114 cm³/mol. The van der Waals surface area contributed by atoms with E-state index in [0.717, 1.165) is 16.9 Å². The van der Waals surface area contributed by atoms with Crippen LogP contribution in [0.25, 0.3) is 0 Å². The molecule has 4 nitrogen and oxygen atoms in total. The first-order chi connectivity index (χ1) is 12.7. The Labute approximate surface area is 163 Å². The van der Waals surface area contributed by atoms with E-state index in [1.165, 1.54) is 12.1 Å². The second-order valence-corrected chi connectivity index (χ2v) is 13.4. The molecule has 2 aromatic rings. The monoisotopic (exact) mass is 384 g/mol. The number of rotatable bonds is 8. The van der Waals surface area contributed by atoms with E-state index in [9.17, 15) is 10.1 Å². The average molecular weight is 385 g/mol. The van der Waals surface area contributed by atoms with E-state index in [-0.39, 0.29) is 10.6 Å². The van der Waals surface area contributed by atoms with Gasteiger partial charge in [0.1, 0.15) is 5.75 Å². The topological polar surface area (TPSA) is 52.4 Å². The van der Waals surface area contributed by atoms with Crippen molar-refractivity contribution < 1.29 is 9.35 Å². The molecule has 0 N–H and O–H groups in total. The third-order valence-corrected chi connectivity index (χ3v) is 11.3. The van der Waals surface area contributed by atoms with Crippen molar-refractivity contribution >= 4 is 14.0 Å². The minimum Gasteiger partial charge on any atom is -0.543 e. The van der Waals surface area contributed by atoms with Crippen molar-refractivity contribution in [3.63, 3.8) is 0 Å². The molecule has 0 aliphatic carbocycles. The highest BCUT2D eigenvalue weighted by Crippen LogP contribution is 2.42. The zero-order chi connectivity index (χ0) is 20.2. The van der Waals surface area contributed by atoms with Crippen molar-refractivity contribution in [2.24, 2.45) is 0 Å². The number of nitro benzene ring substituents is 1. The molecule has 2 rings (SSSR count). The maximum absolute atomic E-state index is 10.8. The number of nitrogens with zero attached hydrogens (tertiary/aromatic N) is 1. The lowest BCUT2D eigenvalue weighted by molar-refractivity contribution is -0.384. The minimum atomic E-state index is -1.95. The molecule has 27 heavy (non-hydrogen) atoms. The summed E-state index contributed by atoms with van der Waals surface area (Å²) in [5.74, 6) is 0.929. The Kier molecular flexibility index (Phi) is 6.82. The highest BCUT2D eigenvalue weighted by Gasteiger charge is 2.46. The van der Waals surface area contributed by atoms with E-state index in [1.807, 2.05) is 30.7 Å². The largest absolute Gasteiger partial charge is 0.543 e. The molecule has 0 spiro atoms. The van der Waals surface area contributed by atoms with Crippen LogP contribution in [0.4, 0.5) is 5.69 Å². The number of nitro groups is 1. The molecule has 2 aromatic carbocycles. The molecule has 0 saturated carbocycles. The molecule has 5 heteroatoms. The maximum Gasteiger partial charge on any atom is 0.269 e. The van der Waals surface area contributed by atoms with Crippen molar-refractivity contribution in [2.75, 3.05) is 0 Å². The van der Waals surface area contributed by atoms with Gasteiger partial charge in [0.25, 0.3) is 14.0 Å². The van der Waals surface area contributed by atoms with Gasteiger partial charge in [0, 0.05) is 18.6 Å². The number of non-ortho nitro benzene ring substituents is 1. The number of benzene rings is 2. The lowest BCUT2D eigenvalue weighted by atomic mass is 10.0. The van der Waals surface area contributed by atoms with Gasteiger partial charge in [0.2, 0.25) is 0 Å². The summed E-state index contributed by atoms with van der Waals surface area (Å²) in [6, 6.07) is 14.7. The van der Waals surface area contributed by atoms with Gasteiger partial charge < -0.3 is 4.43 Å². The fourth-order valence-corrected chi connectivity index (χ4v) is 9.33. The van der Waals surface area contributed by atoms with Crippen LogP contribution in [-0.2, 0) is 0 Å². The number of hydrogen-bond acceptors (Lipinski definition) is 3. The van der Waals surface area contributed by atoms with Crippen molar-refractivity contribution in [2.45, 2.75) is 58.2 Å². The van der Waals surface area contributed by atoms with Crippen LogP contribution >= 0.6 is 0 Å². The van der Waals surface area contributed by atoms with Crippen molar-refractivity contribution in [1.82, 2.24) is 0 Å². The van der Waals surface area contributed by atoms with Gasteiger partial charge in [0.15, 0.2) is 0 Å². The van der Waals surface area contributed by atoms with Crippen molar-refractivity contribution in [3.8, 4) is 5.75 Å². The fraction of sp³-hybridized carbons (Fsp3) is 0.409. The molecule has 0 atom stereocenters. The van der Waals surface area contributed by atoms with Crippen molar-refractivity contribution in [3.05, 3.63) is 76.2 Å². The predicted octanol–water partition coefficient (Wildman–Crippen LogP) is 6.75. The average Bonchev–Trinajstić information content (AvgIpc) is 2.60. The van der Waals surface area contributed by atoms with Crippen LogP contribution in [-0.4, -0.2) is 13.2 Å². The highest BCUT2D eigenvalue weighted by molar-refractivity contribution is 6.78. The third kappa shape index (κ3) is 4.77. The zero-order valence-corrected chi connectivity index (χ0v) is 18.1. The summed E-state index contributed by atoms with van der Waals surface area (Å²) in [5, 5.41) is 10.8. The molecule has 1 radical (unpaired) electrons. The first-order valence-electron chi connectivity index (χ1n) is 9.55. The lowest BCUT2D eigenvalue weighted by Gasteiger charge is -2.42. The Morgan fingerprint density at radius 1 is 0.815 bits per heavy atom. The fourth-order valence-electron chi connectivity index (χ4n) is 4.07. The number of hydrogen-bond donors (Lipinski definition) is 0. The molecule has 0 amide bonds. The Morgan fingerprint density at radius 2 is 1.22 bits per heavy atom. The molecule has 0 heterocycles. The van der Waals surface area contributed by atoms with Gasteiger partial charge >= 0.3 is 0 Å². The molecule has 0 unspecified atom stereocenters. The van der Waals surface area contributed by atoms with Gasteiger partial charge in [-0.05, 0) is 39.9 Å². The van der Waals surface area contributed by atoms with E-state index in [0.29, 0.717) is 16.6 Å². The van der Waals surface area contributed by atoms with Crippen LogP contribution in [0, 0.1) is 16.5 Å². The normalized spacial score (nSPS) is 12.0. The van der Waals surface area contributed by atoms with E-state index in [1.54, 1.807) is 12.1 Å². The molecule has 0 saturated heterocycles. The van der Waals surface area contributed by atoms with Gasteiger partial charge in [-0.15, -0.1) is 0 Å². The summed E-state index contributed by atoms with van der Waals surface area (Å²) in [6.07, 6.45) is 2.01. The van der Waals surface area contributed by atoms with Gasteiger partial charge in [-0.3, -0.25) is 10.1 Å². The summed E-state index contributed by atoms with van der Waals surface area (Å²) >= 11 is 0. The SMILES string of the molecule is CC(C)[Si](Oc1ccc([CH]c2ccc([N+](=O)[O-])cc2)cc1)(C(C)C)C(C)C. The van der Waals surface area contributed by atoms with Gasteiger partial charge in [0.05, 0.1) is 4.92 Å². The lowest BCUT2D eigenvalue weighted by Crippen LogP contribution is -2.50. The first kappa shape index (κ1) is 21.2. The van der Waals surface area contributed by atoms with Crippen LogP contribution in [0.3, 0.4) is 0 Å². The van der Waals surface area contributed by atoms with Crippen LogP contribution in [0.1, 0.15) is 52.7 Å². The van der Waals surface area contributed by atoms with E-state index in [2.05, 4.69) is 41.5 Å². The van der Waals surface area contributed by atoms with E-state index < -0.39 is 8.32 Å². The first-order valence-corrected chi connectivity index (χ1v) is 11.7. The van der Waals surface area contributed by atoms with E-state index >= 15 is 0 Å². The quantitative estimate of drug-likeness (QED) is 0.287. The summed E-state index contributed by atoms with van der Waals surface area (Å²) in [4.78, 5) is 10.4. The molecule has 145 valence electrons. The van der Waals surface area contributed by atoms with E-state index in [4.69, 9.17) is 4.43 Å². The van der Waals surface area contributed by atoms with Gasteiger partial charge in [-0.2, -0.15) is 0 Å². The Hall–Kier alpha value is -2.14. The standard InChI is InChI=1S/C22H30NO3Si/c1-16(2)27(17(3)4,18(5)6)26-22-13-9-20(10-14-22)15-19-7-11-21(12-8-19)23(24)25/h7-18H,1-6H3. The molecular formula is C22H30NO3Si. The molecule has 0 bridgehead atoms. The van der Waals surface area contributed by atoms with Crippen LogP contribution in [0.2, 0.25) is 16.6 Å². The summed E-state index contributed by atoms with van der Waals surface area (Å²) in [5.41, 5.74) is 3.68. The van der Waals surface area contributed by atoms with Gasteiger partial charge in [-0.25, -0.2) is 0 Å². The minimum absolute atomic E-state index is 0.105. The molecule has 0 fully saturated rings. The van der Waals surface area contributed by atoms with Crippen molar-refractivity contribution in [1.29, 1.82) is 0 Å². The Bertz CT molecular complexity index is 730. The summed E-state index contributed by atoms with van der Waals surface area (Å²) in [7, 11) is -1.95. The Balaban J connectivity index is 2.15. The smallest absolute Gasteiger partial charge is 0.269 e. The third-order valence-electron chi connectivity index (χ3n) is 5.32. The second-order valence-electron chi connectivity index (χ2n) is 7.98. The molecular weight excluding hydrogens is 354 g/mol. The van der Waals surface area contributed by atoms with Crippen LogP contribution < -0.4 is 4.43 Å². The van der Waals surface area contributed by atoms with Crippen LogP contribution in [0.15, 0.2) is 48.5 Å². The molecule has 0 aliphatic rings.